The van der Waals surface area contributed by atoms with Crippen molar-refractivity contribution in [3.63, 3.8) is 0 Å². The molecule has 1 aromatic rings. The van der Waals surface area contributed by atoms with Crippen molar-refractivity contribution in [2.75, 3.05) is 0 Å². The van der Waals surface area contributed by atoms with Crippen LogP contribution in [0.25, 0.3) is 0 Å². The normalized spacial score (nSPS) is 25.8. The SMILES string of the molecule is CC1CCC(Oc2cc(Br)ccc2C(C)O)CC1. The van der Waals surface area contributed by atoms with Gasteiger partial charge in [-0.1, -0.05) is 28.9 Å². The zero-order valence-corrected chi connectivity index (χ0v) is 12.6. The van der Waals surface area contributed by atoms with Crippen molar-refractivity contribution in [3.05, 3.63) is 28.2 Å². The van der Waals surface area contributed by atoms with Crippen LogP contribution >= 0.6 is 15.9 Å². The van der Waals surface area contributed by atoms with E-state index in [2.05, 4.69) is 22.9 Å². The topological polar surface area (TPSA) is 29.5 Å². The van der Waals surface area contributed by atoms with Gasteiger partial charge in [0.1, 0.15) is 5.75 Å². The smallest absolute Gasteiger partial charge is 0.126 e. The van der Waals surface area contributed by atoms with E-state index in [4.69, 9.17) is 4.74 Å². The maximum absolute atomic E-state index is 9.77. The molecule has 0 radical (unpaired) electrons. The van der Waals surface area contributed by atoms with Crippen LogP contribution in [0.15, 0.2) is 22.7 Å². The first kappa shape index (κ1) is 13.9. The molecule has 0 heterocycles. The number of benzene rings is 1. The molecular formula is C15H21BrO2. The number of hydrogen-bond donors (Lipinski definition) is 1. The van der Waals surface area contributed by atoms with Crippen molar-refractivity contribution in [2.24, 2.45) is 5.92 Å². The third-order valence-corrected chi connectivity index (χ3v) is 4.18. The molecule has 2 nitrogen and oxygen atoms in total. The highest BCUT2D eigenvalue weighted by atomic mass is 79.9. The molecule has 1 N–H and O–H groups in total. The predicted molar refractivity (Wildman–Crippen MR) is 76.8 cm³/mol. The van der Waals surface area contributed by atoms with Crippen LogP contribution in [0.4, 0.5) is 0 Å². The van der Waals surface area contributed by atoms with Crippen LogP contribution in [-0.2, 0) is 0 Å². The molecule has 0 spiro atoms. The molecule has 3 heteroatoms. The molecule has 1 fully saturated rings. The fraction of sp³-hybridized carbons (Fsp3) is 0.600. The van der Waals surface area contributed by atoms with Crippen molar-refractivity contribution in [3.8, 4) is 5.75 Å². The Hall–Kier alpha value is -0.540. The molecule has 0 saturated heterocycles. The number of aliphatic hydroxyl groups excluding tert-OH is 1. The van der Waals surface area contributed by atoms with Gasteiger partial charge in [-0.3, -0.25) is 0 Å². The van der Waals surface area contributed by atoms with E-state index < -0.39 is 6.10 Å². The van der Waals surface area contributed by atoms with Crippen LogP contribution in [-0.4, -0.2) is 11.2 Å². The van der Waals surface area contributed by atoms with Crippen LogP contribution < -0.4 is 4.74 Å². The van der Waals surface area contributed by atoms with E-state index in [-0.39, 0.29) is 0 Å². The van der Waals surface area contributed by atoms with E-state index in [0.717, 1.165) is 34.5 Å². The number of ether oxygens (including phenoxy) is 1. The molecule has 0 amide bonds. The van der Waals surface area contributed by atoms with Gasteiger partial charge in [-0.15, -0.1) is 0 Å². The molecule has 0 aromatic heterocycles. The maximum Gasteiger partial charge on any atom is 0.126 e. The zero-order chi connectivity index (χ0) is 13.1. The summed E-state index contributed by atoms with van der Waals surface area (Å²) in [5.41, 5.74) is 0.872. The summed E-state index contributed by atoms with van der Waals surface area (Å²) in [7, 11) is 0. The fourth-order valence-corrected chi connectivity index (χ4v) is 2.82. The highest BCUT2D eigenvalue weighted by Gasteiger charge is 2.21. The molecule has 0 aliphatic heterocycles. The maximum atomic E-state index is 9.77. The van der Waals surface area contributed by atoms with Crippen molar-refractivity contribution < 1.29 is 9.84 Å². The average molecular weight is 313 g/mol. The third kappa shape index (κ3) is 3.48. The minimum Gasteiger partial charge on any atom is -0.490 e. The van der Waals surface area contributed by atoms with Gasteiger partial charge in [0.15, 0.2) is 0 Å². The van der Waals surface area contributed by atoms with Crippen LogP contribution in [0.1, 0.15) is 51.2 Å². The summed E-state index contributed by atoms with van der Waals surface area (Å²) in [5, 5.41) is 9.77. The number of rotatable bonds is 3. The minimum absolute atomic E-state index is 0.299. The standard InChI is InChI=1S/C15H21BrO2/c1-10-3-6-13(7-4-10)18-15-9-12(16)5-8-14(15)11(2)17/h5,8-11,13,17H,3-4,6-7H2,1-2H3. The molecule has 1 aliphatic rings. The van der Waals surface area contributed by atoms with Gasteiger partial charge in [-0.05, 0) is 50.7 Å². The van der Waals surface area contributed by atoms with Crippen molar-refractivity contribution in [1.29, 1.82) is 0 Å². The first-order valence-corrected chi connectivity index (χ1v) is 7.49. The largest absolute Gasteiger partial charge is 0.490 e. The highest BCUT2D eigenvalue weighted by Crippen LogP contribution is 2.33. The summed E-state index contributed by atoms with van der Waals surface area (Å²) < 4.78 is 7.08. The molecular weight excluding hydrogens is 292 g/mol. The Morgan fingerprint density at radius 3 is 2.56 bits per heavy atom. The van der Waals surface area contributed by atoms with Crippen LogP contribution in [0.3, 0.4) is 0 Å². The van der Waals surface area contributed by atoms with Gasteiger partial charge in [0.25, 0.3) is 0 Å². The number of aliphatic hydroxyl groups is 1. The molecule has 100 valence electrons. The van der Waals surface area contributed by atoms with Crippen molar-refractivity contribution in [1.82, 2.24) is 0 Å². The molecule has 1 atom stereocenters. The number of halogens is 1. The molecule has 1 saturated carbocycles. The molecule has 1 aromatic carbocycles. The lowest BCUT2D eigenvalue weighted by molar-refractivity contribution is 0.126. The Morgan fingerprint density at radius 2 is 1.94 bits per heavy atom. The van der Waals surface area contributed by atoms with E-state index in [1.54, 1.807) is 6.92 Å². The Labute approximate surface area is 117 Å². The lowest BCUT2D eigenvalue weighted by Gasteiger charge is -2.28. The van der Waals surface area contributed by atoms with Crippen molar-refractivity contribution >= 4 is 15.9 Å². The van der Waals surface area contributed by atoms with E-state index in [9.17, 15) is 5.11 Å². The second-order valence-corrected chi connectivity index (χ2v) is 6.27. The highest BCUT2D eigenvalue weighted by molar-refractivity contribution is 9.10. The van der Waals surface area contributed by atoms with Gasteiger partial charge in [0.2, 0.25) is 0 Å². The fourth-order valence-electron chi connectivity index (χ4n) is 2.48. The minimum atomic E-state index is -0.490. The Kier molecular flexibility index (Phi) is 4.68. The first-order chi connectivity index (χ1) is 8.56. The Bertz CT molecular complexity index is 395. The van der Waals surface area contributed by atoms with E-state index in [1.807, 2.05) is 18.2 Å². The van der Waals surface area contributed by atoms with Gasteiger partial charge in [-0.25, -0.2) is 0 Å². The quantitative estimate of drug-likeness (QED) is 0.893. The molecule has 1 aliphatic carbocycles. The summed E-state index contributed by atoms with van der Waals surface area (Å²) >= 11 is 3.46. The van der Waals surface area contributed by atoms with Gasteiger partial charge < -0.3 is 9.84 Å². The Balaban J connectivity index is 2.10. The molecule has 0 bridgehead atoms. The molecule has 1 unspecified atom stereocenters. The molecule has 2 rings (SSSR count). The zero-order valence-electron chi connectivity index (χ0n) is 11.0. The van der Waals surface area contributed by atoms with Crippen molar-refractivity contribution in [2.45, 2.75) is 51.7 Å². The van der Waals surface area contributed by atoms with Crippen LogP contribution in [0.2, 0.25) is 0 Å². The third-order valence-electron chi connectivity index (χ3n) is 3.68. The monoisotopic (exact) mass is 312 g/mol. The second-order valence-electron chi connectivity index (χ2n) is 5.36. The summed E-state index contributed by atoms with van der Waals surface area (Å²) in [6.07, 6.45) is 4.52. The van der Waals surface area contributed by atoms with Gasteiger partial charge >= 0.3 is 0 Å². The summed E-state index contributed by atoms with van der Waals surface area (Å²) in [5.74, 6) is 1.64. The first-order valence-electron chi connectivity index (χ1n) is 6.70. The van der Waals surface area contributed by atoms with E-state index in [0.29, 0.717) is 6.10 Å². The second kappa shape index (κ2) is 6.07. The lowest BCUT2D eigenvalue weighted by Crippen LogP contribution is -2.23. The summed E-state index contributed by atoms with van der Waals surface area (Å²) in [4.78, 5) is 0. The van der Waals surface area contributed by atoms with Gasteiger partial charge in [-0.2, -0.15) is 0 Å². The predicted octanol–water partition coefficient (Wildman–Crippen LogP) is 4.46. The Morgan fingerprint density at radius 1 is 1.28 bits per heavy atom. The summed E-state index contributed by atoms with van der Waals surface area (Å²) in [6.45, 7) is 4.08. The van der Waals surface area contributed by atoms with E-state index in [1.165, 1.54) is 12.8 Å². The van der Waals surface area contributed by atoms with Crippen LogP contribution in [0.5, 0.6) is 5.75 Å². The van der Waals surface area contributed by atoms with Gasteiger partial charge in [0.05, 0.1) is 12.2 Å². The van der Waals surface area contributed by atoms with Gasteiger partial charge in [0, 0.05) is 10.0 Å². The lowest BCUT2D eigenvalue weighted by atomic mass is 9.89. The van der Waals surface area contributed by atoms with E-state index >= 15 is 0 Å². The average Bonchev–Trinajstić information content (AvgIpc) is 2.32. The number of hydrogen-bond acceptors (Lipinski definition) is 2. The summed E-state index contributed by atoms with van der Waals surface area (Å²) in [6, 6.07) is 5.83. The molecule has 18 heavy (non-hydrogen) atoms. The van der Waals surface area contributed by atoms with Crippen LogP contribution in [0, 0.1) is 5.92 Å².